The van der Waals surface area contributed by atoms with E-state index in [0.717, 1.165) is 42.1 Å². The summed E-state index contributed by atoms with van der Waals surface area (Å²) in [6, 6.07) is 3.72. The first-order chi connectivity index (χ1) is 8.80. The van der Waals surface area contributed by atoms with Crippen molar-refractivity contribution in [1.82, 2.24) is 10.2 Å². The minimum absolute atomic E-state index is 0.592. The highest BCUT2D eigenvalue weighted by Crippen LogP contribution is 2.26. The number of benzene rings is 1. The van der Waals surface area contributed by atoms with Crippen molar-refractivity contribution < 1.29 is 9.53 Å². The van der Waals surface area contributed by atoms with Crippen molar-refractivity contribution >= 4 is 17.2 Å². The van der Waals surface area contributed by atoms with Crippen molar-refractivity contribution in [3.8, 4) is 5.75 Å². The van der Waals surface area contributed by atoms with Crippen molar-refractivity contribution in [3.63, 3.8) is 0 Å². The molecule has 0 aliphatic heterocycles. The third kappa shape index (κ3) is 2.37. The lowest BCUT2D eigenvalue weighted by Crippen LogP contribution is -1.99. The molecule has 0 unspecified atom stereocenters. The third-order valence-electron chi connectivity index (χ3n) is 2.99. The fraction of sp³-hybridized carbons (Fsp3) is 0.429. The predicted octanol–water partition coefficient (Wildman–Crippen LogP) is 3.12. The average Bonchev–Trinajstić information content (AvgIpc) is 2.80. The number of rotatable bonds is 6. The summed E-state index contributed by atoms with van der Waals surface area (Å²) in [5.74, 6) is 0.636. The Labute approximate surface area is 106 Å². The minimum atomic E-state index is 0.592. The van der Waals surface area contributed by atoms with Crippen molar-refractivity contribution in [2.24, 2.45) is 0 Å². The molecule has 0 amide bonds. The number of aromatic amines is 1. The van der Waals surface area contributed by atoms with E-state index >= 15 is 0 Å². The zero-order valence-electron chi connectivity index (χ0n) is 10.8. The molecule has 1 N–H and O–H groups in total. The molecule has 0 aliphatic carbocycles. The van der Waals surface area contributed by atoms with Crippen molar-refractivity contribution in [1.29, 1.82) is 0 Å². The summed E-state index contributed by atoms with van der Waals surface area (Å²) in [5, 5.41) is 8.21. The molecule has 2 rings (SSSR count). The second-order valence-electron chi connectivity index (χ2n) is 4.28. The van der Waals surface area contributed by atoms with Crippen LogP contribution < -0.4 is 4.74 Å². The molecule has 4 heteroatoms. The fourth-order valence-corrected chi connectivity index (χ4v) is 1.93. The number of hydrogen-bond donors (Lipinski definition) is 1. The van der Waals surface area contributed by atoms with Gasteiger partial charge in [-0.15, -0.1) is 0 Å². The Hall–Kier alpha value is -1.84. The first-order valence-corrected chi connectivity index (χ1v) is 6.39. The minimum Gasteiger partial charge on any atom is -0.493 e. The van der Waals surface area contributed by atoms with E-state index < -0.39 is 0 Å². The van der Waals surface area contributed by atoms with E-state index in [4.69, 9.17) is 4.74 Å². The summed E-state index contributed by atoms with van der Waals surface area (Å²) in [6.07, 6.45) is 3.74. The van der Waals surface area contributed by atoms with Gasteiger partial charge in [0.25, 0.3) is 0 Å². The van der Waals surface area contributed by atoms with Crippen LogP contribution >= 0.6 is 0 Å². The topological polar surface area (TPSA) is 55.0 Å². The molecular formula is C14H18N2O2. The number of hydrogen-bond acceptors (Lipinski definition) is 3. The van der Waals surface area contributed by atoms with E-state index in [2.05, 4.69) is 17.1 Å². The number of carbonyl (C=O) groups is 1. The highest BCUT2D eigenvalue weighted by Gasteiger charge is 2.10. The van der Waals surface area contributed by atoms with Crippen LogP contribution in [0.15, 0.2) is 12.1 Å². The van der Waals surface area contributed by atoms with Gasteiger partial charge in [0.05, 0.1) is 23.4 Å². The number of aldehydes is 1. The lowest BCUT2D eigenvalue weighted by molar-refractivity contribution is 0.111. The molecule has 0 spiro atoms. The molecule has 1 aromatic carbocycles. The molecule has 0 bridgehead atoms. The average molecular weight is 246 g/mol. The maximum Gasteiger partial charge on any atom is 0.153 e. The zero-order valence-corrected chi connectivity index (χ0v) is 10.8. The number of ether oxygens (including phenoxy) is 1. The Morgan fingerprint density at radius 3 is 2.89 bits per heavy atom. The second-order valence-corrected chi connectivity index (χ2v) is 4.28. The van der Waals surface area contributed by atoms with Gasteiger partial charge in [0.2, 0.25) is 0 Å². The number of unbranched alkanes of at least 4 members (excludes halogenated alkanes) is 1. The summed E-state index contributed by atoms with van der Waals surface area (Å²) in [4.78, 5) is 11.1. The lowest BCUT2D eigenvalue weighted by atomic mass is 10.1. The Balaban J connectivity index is 2.37. The van der Waals surface area contributed by atoms with Gasteiger partial charge in [0.15, 0.2) is 6.29 Å². The maximum atomic E-state index is 11.1. The van der Waals surface area contributed by atoms with Crippen LogP contribution in [0.4, 0.5) is 0 Å². The van der Waals surface area contributed by atoms with Gasteiger partial charge in [-0.2, -0.15) is 5.10 Å². The number of fused-ring (bicyclic) bond motifs is 1. The summed E-state index contributed by atoms with van der Waals surface area (Å²) in [7, 11) is 0. The number of carbonyl (C=O) groups excluding carboxylic acids is 1. The van der Waals surface area contributed by atoms with Gasteiger partial charge in [-0.25, -0.2) is 0 Å². The summed E-state index contributed by atoms with van der Waals surface area (Å²) >= 11 is 0. The third-order valence-corrected chi connectivity index (χ3v) is 2.99. The molecule has 0 radical (unpaired) electrons. The van der Waals surface area contributed by atoms with E-state index in [1.807, 2.05) is 19.1 Å². The normalized spacial score (nSPS) is 10.8. The molecular weight excluding hydrogens is 228 g/mol. The Kier molecular flexibility index (Phi) is 3.97. The monoisotopic (exact) mass is 246 g/mol. The summed E-state index contributed by atoms with van der Waals surface area (Å²) in [6.45, 7) is 4.79. The molecule has 0 atom stereocenters. The molecule has 96 valence electrons. The maximum absolute atomic E-state index is 11.1. The SMILES string of the molecule is CCCCOc1cc2[nH]nc(CC)c2cc1C=O. The number of H-pyrrole nitrogens is 1. The van der Waals surface area contributed by atoms with E-state index in [9.17, 15) is 4.79 Å². The highest BCUT2D eigenvalue weighted by atomic mass is 16.5. The lowest BCUT2D eigenvalue weighted by Gasteiger charge is -2.08. The molecule has 2 aromatic rings. The molecule has 1 heterocycles. The molecule has 4 nitrogen and oxygen atoms in total. The van der Waals surface area contributed by atoms with Gasteiger partial charge >= 0.3 is 0 Å². The fourth-order valence-electron chi connectivity index (χ4n) is 1.93. The van der Waals surface area contributed by atoms with Gasteiger partial charge in [0, 0.05) is 11.5 Å². The first kappa shape index (κ1) is 12.6. The van der Waals surface area contributed by atoms with Crippen molar-refractivity contribution in [3.05, 3.63) is 23.4 Å². The Morgan fingerprint density at radius 1 is 1.39 bits per heavy atom. The zero-order chi connectivity index (χ0) is 13.0. The van der Waals surface area contributed by atoms with Crippen LogP contribution in [0, 0.1) is 0 Å². The smallest absolute Gasteiger partial charge is 0.153 e. The predicted molar refractivity (Wildman–Crippen MR) is 71.3 cm³/mol. The summed E-state index contributed by atoms with van der Waals surface area (Å²) in [5.41, 5.74) is 2.49. The van der Waals surface area contributed by atoms with Gasteiger partial charge in [0.1, 0.15) is 5.75 Å². The summed E-state index contributed by atoms with van der Waals surface area (Å²) < 4.78 is 5.64. The molecule has 0 saturated heterocycles. The van der Waals surface area contributed by atoms with Gasteiger partial charge < -0.3 is 4.74 Å². The van der Waals surface area contributed by atoms with Crippen LogP contribution in [0.2, 0.25) is 0 Å². The molecule has 1 aromatic heterocycles. The van der Waals surface area contributed by atoms with E-state index in [1.165, 1.54) is 0 Å². The van der Waals surface area contributed by atoms with Crippen molar-refractivity contribution in [2.45, 2.75) is 33.1 Å². The van der Waals surface area contributed by atoms with Crippen molar-refractivity contribution in [2.75, 3.05) is 6.61 Å². The van der Waals surface area contributed by atoms with Gasteiger partial charge in [-0.3, -0.25) is 9.89 Å². The van der Waals surface area contributed by atoms with Crippen LogP contribution in [0.3, 0.4) is 0 Å². The molecule has 0 fully saturated rings. The number of aryl methyl sites for hydroxylation is 1. The van der Waals surface area contributed by atoms with E-state index in [-0.39, 0.29) is 0 Å². The standard InChI is InChI=1S/C14H18N2O2/c1-3-5-6-18-14-8-13-11(7-10(14)9-17)12(4-2)15-16-13/h7-9H,3-6H2,1-2H3,(H,15,16). The van der Waals surface area contributed by atoms with Crippen LogP contribution in [0.1, 0.15) is 42.7 Å². The van der Waals surface area contributed by atoms with E-state index in [0.29, 0.717) is 17.9 Å². The highest BCUT2D eigenvalue weighted by molar-refractivity contribution is 5.91. The largest absolute Gasteiger partial charge is 0.493 e. The quantitative estimate of drug-likeness (QED) is 0.629. The molecule has 0 saturated carbocycles. The number of aromatic nitrogens is 2. The van der Waals surface area contributed by atoms with Crippen LogP contribution in [0.5, 0.6) is 5.75 Å². The van der Waals surface area contributed by atoms with E-state index in [1.54, 1.807) is 0 Å². The van der Waals surface area contributed by atoms with Gasteiger partial charge in [-0.05, 0) is 18.9 Å². The Morgan fingerprint density at radius 2 is 2.22 bits per heavy atom. The first-order valence-electron chi connectivity index (χ1n) is 6.39. The second kappa shape index (κ2) is 5.67. The van der Waals surface area contributed by atoms with Crippen LogP contribution in [-0.4, -0.2) is 23.1 Å². The molecule has 18 heavy (non-hydrogen) atoms. The van der Waals surface area contributed by atoms with Crippen LogP contribution in [-0.2, 0) is 6.42 Å². The van der Waals surface area contributed by atoms with Crippen LogP contribution in [0.25, 0.3) is 10.9 Å². The number of nitrogens with zero attached hydrogens (tertiary/aromatic N) is 1. The number of nitrogens with one attached hydrogen (secondary N) is 1. The molecule has 0 aliphatic rings. The Bertz CT molecular complexity index is 546. The van der Waals surface area contributed by atoms with Gasteiger partial charge in [-0.1, -0.05) is 20.3 Å².